The number of rotatable bonds is 4. The van der Waals surface area contributed by atoms with Gasteiger partial charge in [-0.1, -0.05) is 18.2 Å². The SMILES string of the molecule is O=C(O)c1ccc(CN=Cc2ccccn2)cc1. The third-order valence-corrected chi connectivity index (χ3v) is 2.39. The highest BCUT2D eigenvalue weighted by Gasteiger charge is 2.00. The van der Waals surface area contributed by atoms with Crippen LogP contribution in [0, 0.1) is 0 Å². The molecule has 0 unspecified atom stereocenters. The lowest BCUT2D eigenvalue weighted by molar-refractivity contribution is 0.0697. The zero-order valence-corrected chi connectivity index (χ0v) is 9.65. The smallest absolute Gasteiger partial charge is 0.335 e. The molecule has 2 rings (SSSR count). The van der Waals surface area contributed by atoms with Crippen LogP contribution in [0.1, 0.15) is 21.6 Å². The first kappa shape index (κ1) is 12.0. The van der Waals surface area contributed by atoms with Crippen molar-refractivity contribution in [2.75, 3.05) is 0 Å². The van der Waals surface area contributed by atoms with Gasteiger partial charge in [-0.3, -0.25) is 9.98 Å². The maximum Gasteiger partial charge on any atom is 0.335 e. The molecule has 0 spiro atoms. The number of nitrogens with zero attached hydrogens (tertiary/aromatic N) is 2. The van der Waals surface area contributed by atoms with Crippen molar-refractivity contribution in [2.45, 2.75) is 6.54 Å². The molecule has 0 aliphatic heterocycles. The monoisotopic (exact) mass is 240 g/mol. The molecule has 1 aromatic carbocycles. The van der Waals surface area contributed by atoms with E-state index in [1.807, 2.05) is 18.2 Å². The van der Waals surface area contributed by atoms with Gasteiger partial charge in [0.1, 0.15) is 0 Å². The molecule has 0 bridgehead atoms. The van der Waals surface area contributed by atoms with Crippen LogP contribution in [0.2, 0.25) is 0 Å². The molecule has 1 heterocycles. The maximum atomic E-state index is 10.7. The summed E-state index contributed by atoms with van der Waals surface area (Å²) in [6, 6.07) is 12.3. The zero-order valence-electron chi connectivity index (χ0n) is 9.65. The summed E-state index contributed by atoms with van der Waals surface area (Å²) in [6.45, 7) is 0.510. The molecular formula is C14H12N2O2. The minimum atomic E-state index is -0.918. The fraction of sp³-hybridized carbons (Fsp3) is 0.0714. The van der Waals surface area contributed by atoms with Crippen LogP contribution in [0.3, 0.4) is 0 Å². The van der Waals surface area contributed by atoms with Crippen molar-refractivity contribution >= 4 is 12.2 Å². The average Bonchev–Trinajstić information content (AvgIpc) is 2.40. The molecule has 0 amide bonds. The normalized spacial score (nSPS) is 10.7. The van der Waals surface area contributed by atoms with Crippen LogP contribution in [-0.4, -0.2) is 22.3 Å². The van der Waals surface area contributed by atoms with Gasteiger partial charge in [0.15, 0.2) is 0 Å². The van der Waals surface area contributed by atoms with Gasteiger partial charge in [-0.2, -0.15) is 0 Å². The molecule has 0 aliphatic carbocycles. The van der Waals surface area contributed by atoms with Gasteiger partial charge in [0.25, 0.3) is 0 Å². The minimum absolute atomic E-state index is 0.285. The van der Waals surface area contributed by atoms with Crippen molar-refractivity contribution in [1.29, 1.82) is 0 Å². The molecule has 0 saturated carbocycles. The number of benzene rings is 1. The Bertz CT molecular complexity index is 548. The number of hydrogen-bond donors (Lipinski definition) is 1. The molecule has 0 aliphatic rings. The minimum Gasteiger partial charge on any atom is -0.478 e. The number of aromatic nitrogens is 1. The van der Waals surface area contributed by atoms with Crippen LogP contribution >= 0.6 is 0 Å². The summed E-state index contributed by atoms with van der Waals surface area (Å²) in [7, 11) is 0. The Morgan fingerprint density at radius 2 is 2.00 bits per heavy atom. The number of carbonyl (C=O) groups is 1. The number of carboxylic acids is 1. The summed E-state index contributed by atoms with van der Waals surface area (Å²) in [5.41, 5.74) is 2.05. The van der Waals surface area contributed by atoms with E-state index in [4.69, 9.17) is 5.11 Å². The topological polar surface area (TPSA) is 62.5 Å². The van der Waals surface area contributed by atoms with E-state index in [-0.39, 0.29) is 5.56 Å². The van der Waals surface area contributed by atoms with Crippen LogP contribution in [0.5, 0.6) is 0 Å². The van der Waals surface area contributed by atoms with Crippen LogP contribution < -0.4 is 0 Å². The quantitative estimate of drug-likeness (QED) is 0.834. The summed E-state index contributed by atoms with van der Waals surface area (Å²) in [6.07, 6.45) is 3.41. The fourth-order valence-electron chi connectivity index (χ4n) is 1.45. The second-order valence-corrected chi connectivity index (χ2v) is 3.73. The van der Waals surface area contributed by atoms with Crippen molar-refractivity contribution in [3.63, 3.8) is 0 Å². The Balaban J connectivity index is 1.98. The van der Waals surface area contributed by atoms with Crippen LogP contribution in [-0.2, 0) is 6.54 Å². The first-order valence-electron chi connectivity index (χ1n) is 5.49. The molecule has 0 atom stereocenters. The second-order valence-electron chi connectivity index (χ2n) is 3.73. The second kappa shape index (κ2) is 5.72. The van der Waals surface area contributed by atoms with E-state index in [0.29, 0.717) is 6.54 Å². The largest absolute Gasteiger partial charge is 0.478 e. The standard InChI is InChI=1S/C14H12N2O2/c17-14(18)12-6-4-11(5-7-12)9-15-10-13-3-1-2-8-16-13/h1-8,10H,9H2,(H,17,18). The number of aromatic carboxylic acids is 1. The number of carboxylic acid groups (broad SMARTS) is 1. The lowest BCUT2D eigenvalue weighted by atomic mass is 10.1. The first-order valence-corrected chi connectivity index (χ1v) is 5.49. The Morgan fingerprint density at radius 3 is 2.61 bits per heavy atom. The summed E-state index contributed by atoms with van der Waals surface area (Å²) < 4.78 is 0. The molecule has 18 heavy (non-hydrogen) atoms. The van der Waals surface area contributed by atoms with Crippen molar-refractivity contribution in [1.82, 2.24) is 4.98 Å². The Morgan fingerprint density at radius 1 is 1.22 bits per heavy atom. The van der Waals surface area contributed by atoms with Gasteiger partial charge < -0.3 is 5.11 Å². The third-order valence-electron chi connectivity index (χ3n) is 2.39. The first-order chi connectivity index (χ1) is 8.75. The summed E-state index contributed by atoms with van der Waals surface area (Å²) in [5, 5.41) is 8.76. The Kier molecular flexibility index (Phi) is 3.81. The van der Waals surface area contributed by atoms with E-state index in [1.165, 1.54) is 0 Å². The maximum absolute atomic E-state index is 10.7. The Labute approximate surface area is 105 Å². The molecular weight excluding hydrogens is 228 g/mol. The predicted molar refractivity (Wildman–Crippen MR) is 68.9 cm³/mol. The van der Waals surface area contributed by atoms with Gasteiger partial charge in [0, 0.05) is 12.4 Å². The van der Waals surface area contributed by atoms with E-state index in [0.717, 1.165) is 11.3 Å². The van der Waals surface area contributed by atoms with Crippen LogP contribution in [0.4, 0.5) is 0 Å². The Hall–Kier alpha value is -2.49. The van der Waals surface area contributed by atoms with Crippen LogP contribution in [0.15, 0.2) is 53.7 Å². The molecule has 0 saturated heterocycles. The molecule has 1 N–H and O–H groups in total. The van der Waals surface area contributed by atoms with E-state index < -0.39 is 5.97 Å². The summed E-state index contributed by atoms with van der Waals surface area (Å²) in [5.74, 6) is -0.918. The molecule has 4 heteroatoms. The van der Waals surface area contributed by atoms with E-state index in [9.17, 15) is 4.79 Å². The molecule has 0 fully saturated rings. The van der Waals surface area contributed by atoms with Crippen LogP contribution in [0.25, 0.3) is 0 Å². The number of pyridine rings is 1. The summed E-state index contributed by atoms with van der Waals surface area (Å²) in [4.78, 5) is 19.0. The van der Waals surface area contributed by atoms with Crippen molar-refractivity contribution in [2.24, 2.45) is 4.99 Å². The highest BCUT2D eigenvalue weighted by atomic mass is 16.4. The molecule has 90 valence electrons. The third kappa shape index (κ3) is 3.25. The van der Waals surface area contributed by atoms with Gasteiger partial charge in [0.2, 0.25) is 0 Å². The molecule has 1 aromatic heterocycles. The molecule has 4 nitrogen and oxygen atoms in total. The summed E-state index contributed by atoms with van der Waals surface area (Å²) >= 11 is 0. The fourth-order valence-corrected chi connectivity index (χ4v) is 1.45. The molecule has 2 aromatic rings. The van der Waals surface area contributed by atoms with Gasteiger partial charge >= 0.3 is 5.97 Å². The predicted octanol–water partition coefficient (Wildman–Crippen LogP) is 2.40. The highest BCUT2D eigenvalue weighted by molar-refractivity contribution is 5.87. The van der Waals surface area contributed by atoms with Crippen molar-refractivity contribution in [3.05, 3.63) is 65.5 Å². The van der Waals surface area contributed by atoms with E-state index in [2.05, 4.69) is 9.98 Å². The van der Waals surface area contributed by atoms with Gasteiger partial charge in [-0.15, -0.1) is 0 Å². The lowest BCUT2D eigenvalue weighted by Gasteiger charge is -1.98. The van der Waals surface area contributed by atoms with Gasteiger partial charge in [-0.25, -0.2) is 4.79 Å². The lowest BCUT2D eigenvalue weighted by Crippen LogP contribution is -1.95. The van der Waals surface area contributed by atoms with Gasteiger partial charge in [0.05, 0.1) is 17.8 Å². The zero-order chi connectivity index (χ0) is 12.8. The molecule has 0 radical (unpaired) electrons. The van der Waals surface area contributed by atoms with Gasteiger partial charge in [-0.05, 0) is 29.8 Å². The van der Waals surface area contributed by atoms with Crippen molar-refractivity contribution in [3.8, 4) is 0 Å². The average molecular weight is 240 g/mol. The highest BCUT2D eigenvalue weighted by Crippen LogP contribution is 2.05. The number of aliphatic imine (C=N–C) groups is 1. The number of hydrogen-bond acceptors (Lipinski definition) is 3. The van der Waals surface area contributed by atoms with Crippen molar-refractivity contribution < 1.29 is 9.90 Å². The van der Waals surface area contributed by atoms with E-state index >= 15 is 0 Å². The van der Waals surface area contributed by atoms with E-state index in [1.54, 1.807) is 36.7 Å².